The molecule has 1 saturated carbocycles. The third-order valence-corrected chi connectivity index (χ3v) is 5.63. The van der Waals surface area contributed by atoms with Crippen LogP contribution in [0.4, 0.5) is 9.18 Å². The number of hydrogen-bond donors (Lipinski definition) is 1. The summed E-state index contributed by atoms with van der Waals surface area (Å²) in [6, 6.07) is 5.07. The Morgan fingerprint density at radius 3 is 2.67 bits per heavy atom. The van der Waals surface area contributed by atoms with Crippen molar-refractivity contribution in [3.63, 3.8) is 0 Å². The van der Waals surface area contributed by atoms with Crippen LogP contribution < -0.4 is 5.32 Å². The highest BCUT2D eigenvalue weighted by molar-refractivity contribution is 5.84. The minimum Gasteiger partial charge on any atom is -0.454 e. The zero-order valence-corrected chi connectivity index (χ0v) is 16.7. The Labute approximate surface area is 173 Å². The first-order valence-electron chi connectivity index (χ1n) is 10.4. The van der Waals surface area contributed by atoms with Crippen molar-refractivity contribution in [3.8, 4) is 11.4 Å². The van der Waals surface area contributed by atoms with Gasteiger partial charge in [0.05, 0.1) is 0 Å². The van der Waals surface area contributed by atoms with Gasteiger partial charge in [-0.1, -0.05) is 24.4 Å². The van der Waals surface area contributed by atoms with Crippen LogP contribution in [-0.2, 0) is 16.1 Å². The molecule has 1 unspecified atom stereocenters. The number of amides is 2. The molecule has 30 heavy (non-hydrogen) atoms. The average Bonchev–Trinajstić information content (AvgIpc) is 3.43. The van der Waals surface area contributed by atoms with Crippen LogP contribution in [0.3, 0.4) is 0 Å². The Hall–Kier alpha value is -2.97. The SMILES string of the molecule is O=C(OCc1nc(-c2ccc(F)cc2)no1)C1CCCN1C(=O)NC1CCCCC1. The third kappa shape index (κ3) is 4.77. The highest BCUT2D eigenvalue weighted by Crippen LogP contribution is 2.22. The highest BCUT2D eigenvalue weighted by Gasteiger charge is 2.36. The molecule has 2 aliphatic rings. The molecule has 9 heteroatoms. The quantitative estimate of drug-likeness (QED) is 0.750. The molecule has 1 aromatic carbocycles. The van der Waals surface area contributed by atoms with Gasteiger partial charge < -0.3 is 19.5 Å². The maximum absolute atomic E-state index is 13.0. The molecule has 0 radical (unpaired) electrons. The fourth-order valence-corrected chi connectivity index (χ4v) is 4.02. The van der Waals surface area contributed by atoms with E-state index in [2.05, 4.69) is 15.5 Å². The predicted molar refractivity (Wildman–Crippen MR) is 105 cm³/mol. The molecule has 1 N–H and O–H groups in total. The smallest absolute Gasteiger partial charge is 0.329 e. The Balaban J connectivity index is 1.31. The molecule has 2 heterocycles. The van der Waals surface area contributed by atoms with E-state index in [1.807, 2.05) is 0 Å². The number of nitrogens with one attached hydrogen (secondary N) is 1. The van der Waals surface area contributed by atoms with Gasteiger partial charge >= 0.3 is 12.0 Å². The number of esters is 1. The molecule has 1 saturated heterocycles. The minimum absolute atomic E-state index is 0.138. The molecule has 1 aromatic heterocycles. The van der Waals surface area contributed by atoms with Crippen molar-refractivity contribution in [2.24, 2.45) is 0 Å². The largest absolute Gasteiger partial charge is 0.454 e. The van der Waals surface area contributed by atoms with Crippen LogP contribution in [0.2, 0.25) is 0 Å². The fourth-order valence-electron chi connectivity index (χ4n) is 4.02. The fraction of sp³-hybridized carbons (Fsp3) is 0.524. The number of carbonyl (C=O) groups excluding carboxylic acids is 2. The summed E-state index contributed by atoms with van der Waals surface area (Å²) in [5, 5.41) is 6.88. The molecule has 2 fully saturated rings. The molecule has 1 aliphatic heterocycles. The van der Waals surface area contributed by atoms with E-state index >= 15 is 0 Å². The lowest BCUT2D eigenvalue weighted by Gasteiger charge is -2.28. The summed E-state index contributed by atoms with van der Waals surface area (Å²) < 4.78 is 23.5. The van der Waals surface area contributed by atoms with Gasteiger partial charge in [-0.05, 0) is 49.9 Å². The molecule has 8 nitrogen and oxygen atoms in total. The first kappa shape index (κ1) is 20.3. The van der Waals surface area contributed by atoms with Crippen LogP contribution in [0.5, 0.6) is 0 Å². The second-order valence-electron chi connectivity index (χ2n) is 7.76. The van der Waals surface area contributed by atoms with Crippen molar-refractivity contribution >= 4 is 12.0 Å². The van der Waals surface area contributed by atoms with Crippen LogP contribution in [-0.4, -0.2) is 45.7 Å². The number of rotatable bonds is 5. The van der Waals surface area contributed by atoms with Crippen molar-refractivity contribution in [1.29, 1.82) is 0 Å². The van der Waals surface area contributed by atoms with Crippen molar-refractivity contribution in [3.05, 3.63) is 36.0 Å². The molecule has 0 bridgehead atoms. The Kier molecular flexibility index (Phi) is 6.25. The minimum atomic E-state index is -0.604. The Morgan fingerprint density at radius 2 is 1.90 bits per heavy atom. The summed E-state index contributed by atoms with van der Waals surface area (Å²) in [7, 11) is 0. The lowest BCUT2D eigenvalue weighted by molar-refractivity contribution is -0.150. The molecule has 1 atom stereocenters. The van der Waals surface area contributed by atoms with E-state index < -0.39 is 12.0 Å². The summed E-state index contributed by atoms with van der Waals surface area (Å²) in [6.07, 6.45) is 6.77. The zero-order valence-electron chi connectivity index (χ0n) is 16.7. The van der Waals surface area contributed by atoms with E-state index in [4.69, 9.17) is 9.26 Å². The van der Waals surface area contributed by atoms with E-state index in [1.165, 1.54) is 30.7 Å². The molecule has 0 spiro atoms. The van der Waals surface area contributed by atoms with Gasteiger partial charge in [0, 0.05) is 18.2 Å². The van der Waals surface area contributed by atoms with Gasteiger partial charge in [-0.15, -0.1) is 0 Å². The summed E-state index contributed by atoms with van der Waals surface area (Å²) in [5.74, 6) is -0.410. The number of halogens is 1. The Bertz CT molecular complexity index is 879. The first-order valence-corrected chi connectivity index (χ1v) is 10.4. The monoisotopic (exact) mass is 416 g/mol. The van der Waals surface area contributed by atoms with Gasteiger partial charge in [0.2, 0.25) is 5.82 Å². The molecule has 4 rings (SSSR count). The zero-order chi connectivity index (χ0) is 20.9. The van der Waals surface area contributed by atoms with Crippen LogP contribution in [0.1, 0.15) is 50.8 Å². The maximum atomic E-state index is 13.0. The number of hydrogen-bond acceptors (Lipinski definition) is 6. The number of nitrogens with zero attached hydrogens (tertiary/aromatic N) is 3. The highest BCUT2D eigenvalue weighted by atomic mass is 19.1. The van der Waals surface area contributed by atoms with E-state index in [1.54, 1.807) is 4.90 Å². The van der Waals surface area contributed by atoms with E-state index in [0.29, 0.717) is 18.5 Å². The van der Waals surface area contributed by atoms with Gasteiger partial charge in [0.25, 0.3) is 5.89 Å². The van der Waals surface area contributed by atoms with E-state index in [-0.39, 0.29) is 36.2 Å². The Morgan fingerprint density at radius 1 is 1.13 bits per heavy atom. The summed E-state index contributed by atoms with van der Waals surface area (Å²) in [5.41, 5.74) is 0.596. The van der Waals surface area contributed by atoms with Crippen molar-refractivity contribution < 1.29 is 23.2 Å². The number of urea groups is 1. The second-order valence-corrected chi connectivity index (χ2v) is 7.76. The maximum Gasteiger partial charge on any atom is 0.329 e. The lowest BCUT2D eigenvalue weighted by Crippen LogP contribution is -2.49. The average molecular weight is 416 g/mol. The molecule has 160 valence electrons. The van der Waals surface area contributed by atoms with Crippen LogP contribution in [0, 0.1) is 5.82 Å². The summed E-state index contributed by atoms with van der Waals surface area (Å²) in [4.78, 5) is 30.9. The van der Waals surface area contributed by atoms with Gasteiger partial charge in [0.15, 0.2) is 6.61 Å². The second kappa shape index (κ2) is 9.23. The molecule has 1 aliphatic carbocycles. The predicted octanol–water partition coefficient (Wildman–Crippen LogP) is 3.43. The first-order chi connectivity index (χ1) is 14.6. The summed E-state index contributed by atoms with van der Waals surface area (Å²) >= 11 is 0. The van der Waals surface area contributed by atoms with Crippen molar-refractivity contribution in [2.75, 3.05) is 6.54 Å². The number of likely N-dealkylation sites (tertiary alicyclic amines) is 1. The van der Waals surface area contributed by atoms with E-state index in [9.17, 15) is 14.0 Å². The molecule has 2 amide bonds. The molecular weight excluding hydrogens is 391 g/mol. The van der Waals surface area contributed by atoms with Gasteiger partial charge in [0.1, 0.15) is 11.9 Å². The standard InChI is InChI=1S/C21H25FN4O4/c22-15-10-8-14(9-11-15)19-24-18(30-25-19)13-29-20(27)17-7-4-12-26(17)21(28)23-16-5-2-1-3-6-16/h8-11,16-17H,1-7,12-13H2,(H,23,28). The van der Waals surface area contributed by atoms with Crippen LogP contribution in [0.15, 0.2) is 28.8 Å². The van der Waals surface area contributed by atoms with Crippen molar-refractivity contribution in [1.82, 2.24) is 20.4 Å². The normalized spacial score (nSPS) is 19.6. The number of benzene rings is 1. The van der Waals surface area contributed by atoms with Crippen LogP contribution >= 0.6 is 0 Å². The topological polar surface area (TPSA) is 97.6 Å². The molecule has 2 aromatic rings. The lowest BCUT2D eigenvalue weighted by atomic mass is 9.96. The van der Waals surface area contributed by atoms with Crippen molar-refractivity contribution in [2.45, 2.75) is 63.6 Å². The third-order valence-electron chi connectivity index (χ3n) is 5.63. The van der Waals surface area contributed by atoms with Crippen LogP contribution in [0.25, 0.3) is 11.4 Å². The number of aromatic nitrogens is 2. The van der Waals surface area contributed by atoms with Gasteiger partial charge in [-0.2, -0.15) is 4.98 Å². The number of carbonyl (C=O) groups is 2. The molecular formula is C21H25FN4O4. The summed E-state index contributed by atoms with van der Waals surface area (Å²) in [6.45, 7) is 0.356. The number of ether oxygens (including phenoxy) is 1. The van der Waals surface area contributed by atoms with Gasteiger partial charge in [-0.3, -0.25) is 0 Å². The van der Waals surface area contributed by atoms with E-state index in [0.717, 1.165) is 32.1 Å². The van der Waals surface area contributed by atoms with Gasteiger partial charge in [-0.25, -0.2) is 14.0 Å².